The maximum absolute atomic E-state index is 12.4. The van der Waals surface area contributed by atoms with Crippen LogP contribution in [0.5, 0.6) is 0 Å². The number of aliphatic carboxylic acids is 1. The number of carboxylic acids is 1. The number of nitro groups is 1. The van der Waals surface area contributed by atoms with Crippen LogP contribution in [0.1, 0.15) is 46.1 Å². The van der Waals surface area contributed by atoms with Crippen LogP contribution in [0, 0.1) is 15.5 Å². The third-order valence-electron chi connectivity index (χ3n) is 7.89. The molecule has 0 spiro atoms. The number of carbonyl (C=O) groups excluding carboxylic acids is 2. The maximum Gasteiger partial charge on any atom is 0.407 e. The van der Waals surface area contributed by atoms with Gasteiger partial charge in [-0.25, -0.2) is 9.59 Å². The van der Waals surface area contributed by atoms with Gasteiger partial charge in [0.05, 0.1) is 11.0 Å². The number of nitrogens with zero attached hydrogens (tertiary/aromatic N) is 2. The second-order valence-corrected chi connectivity index (χ2v) is 17.4. The topological polar surface area (TPSA) is 148 Å². The summed E-state index contributed by atoms with van der Waals surface area (Å²) in [4.78, 5) is 49.0. The van der Waals surface area contributed by atoms with E-state index in [0.29, 0.717) is 35.7 Å². The molecule has 2 N–H and O–H groups in total. The molecule has 0 radical (unpaired) electrons. The molecule has 2 aliphatic heterocycles. The molecule has 1 aromatic carbocycles. The van der Waals surface area contributed by atoms with Crippen molar-refractivity contribution in [1.82, 2.24) is 10.2 Å². The minimum absolute atomic E-state index is 0.0248. The summed E-state index contributed by atoms with van der Waals surface area (Å²) in [5.74, 6) is -0.954. The number of thioether (sulfide) groups is 1. The van der Waals surface area contributed by atoms with Crippen molar-refractivity contribution in [3.63, 3.8) is 0 Å². The van der Waals surface area contributed by atoms with E-state index in [0.717, 1.165) is 0 Å². The van der Waals surface area contributed by atoms with Crippen LogP contribution >= 0.6 is 11.8 Å². The molecule has 2 atom stereocenters. The first-order chi connectivity index (χ1) is 18.1. The molecule has 3 rings (SSSR count). The van der Waals surface area contributed by atoms with Gasteiger partial charge in [-0.3, -0.25) is 14.9 Å². The minimum atomic E-state index is -2.00. The minimum Gasteiger partial charge on any atom is -0.477 e. The Morgan fingerprint density at radius 2 is 1.92 bits per heavy atom. The van der Waals surface area contributed by atoms with Gasteiger partial charge in [0, 0.05) is 47.8 Å². The van der Waals surface area contributed by atoms with E-state index in [1.165, 1.54) is 40.9 Å². The lowest BCUT2D eigenvalue weighted by atomic mass is 9.76. The van der Waals surface area contributed by atoms with Crippen LogP contribution in [0.2, 0.25) is 18.1 Å². The number of nitro benzene ring substituents is 1. The molecular formula is C26H37N3O8SSi. The lowest BCUT2D eigenvalue weighted by Crippen LogP contribution is -2.55. The fourth-order valence-electron chi connectivity index (χ4n) is 4.41. The number of fused-ring (bicyclic) bond motifs is 1. The zero-order valence-electron chi connectivity index (χ0n) is 23.2. The number of rotatable bonds is 12. The highest BCUT2D eigenvalue weighted by molar-refractivity contribution is 8.03. The zero-order chi connectivity index (χ0) is 29.2. The van der Waals surface area contributed by atoms with Crippen LogP contribution in [0.3, 0.4) is 0 Å². The van der Waals surface area contributed by atoms with Gasteiger partial charge in [-0.1, -0.05) is 27.7 Å². The van der Waals surface area contributed by atoms with Gasteiger partial charge in [0.1, 0.15) is 12.3 Å². The molecule has 1 aromatic rings. The maximum atomic E-state index is 12.4. The summed E-state index contributed by atoms with van der Waals surface area (Å²) < 4.78 is 11.6. The van der Waals surface area contributed by atoms with Gasteiger partial charge in [-0.2, -0.15) is 0 Å². The summed E-state index contributed by atoms with van der Waals surface area (Å²) in [5, 5.41) is 23.4. The third kappa shape index (κ3) is 6.64. The van der Waals surface area contributed by atoms with Crippen molar-refractivity contribution < 1.29 is 33.6 Å². The molecule has 2 amide bonds. The SMILES string of the molecule is CC(C)(C)[Si](C)(C)OCC[C@@]1(C)C(SCCNC(=O)OCc2ccc([N+](=O)[O-])cc2)=C(C(=O)O)N2C(=O)C[C@@H]21. The third-order valence-corrected chi connectivity index (χ3v) is 13.8. The number of β-lactam (4-membered cyclic amide) rings is 1. The van der Waals surface area contributed by atoms with E-state index in [4.69, 9.17) is 9.16 Å². The van der Waals surface area contributed by atoms with Gasteiger partial charge < -0.3 is 24.5 Å². The summed E-state index contributed by atoms with van der Waals surface area (Å²) in [5.41, 5.74) is 0.0201. The molecule has 0 bridgehead atoms. The number of non-ortho nitro benzene ring substituents is 1. The summed E-state index contributed by atoms with van der Waals surface area (Å²) in [6.45, 7) is 13.5. The first kappa shape index (κ1) is 30.6. The summed E-state index contributed by atoms with van der Waals surface area (Å²) in [6, 6.07) is 5.49. The Labute approximate surface area is 233 Å². The van der Waals surface area contributed by atoms with E-state index in [2.05, 4.69) is 39.2 Å². The van der Waals surface area contributed by atoms with Crippen molar-refractivity contribution >= 4 is 43.7 Å². The first-order valence-corrected chi connectivity index (χ1v) is 16.7. The van der Waals surface area contributed by atoms with Crippen LogP contribution < -0.4 is 5.32 Å². The average Bonchev–Trinajstić information content (AvgIpc) is 3.03. The predicted molar refractivity (Wildman–Crippen MR) is 150 cm³/mol. The predicted octanol–water partition coefficient (Wildman–Crippen LogP) is 4.88. The number of hydrogen-bond acceptors (Lipinski definition) is 8. The molecule has 0 aliphatic carbocycles. The van der Waals surface area contributed by atoms with Crippen molar-refractivity contribution in [2.75, 3.05) is 18.9 Å². The van der Waals surface area contributed by atoms with E-state index in [9.17, 15) is 29.6 Å². The number of amides is 2. The van der Waals surface area contributed by atoms with Gasteiger partial charge >= 0.3 is 12.1 Å². The summed E-state index contributed by atoms with van der Waals surface area (Å²) >= 11 is 1.33. The Balaban J connectivity index is 1.59. The van der Waals surface area contributed by atoms with E-state index in [-0.39, 0.29) is 41.5 Å². The standard InChI is InChI=1S/C26H37N3O8SSi/c1-25(2,3)39(5,6)37-13-11-26(4)19-15-20(30)28(19)21(23(31)32)22(26)38-14-12-27-24(33)36-16-17-7-9-18(10-8-17)29(34)35/h7-10,19H,11-16H2,1-6H3,(H,27,33)(H,31,32)/t19-,26-/m1/s1. The Morgan fingerprint density at radius 3 is 2.46 bits per heavy atom. The molecule has 2 heterocycles. The zero-order valence-corrected chi connectivity index (χ0v) is 25.1. The molecule has 214 valence electrons. The smallest absolute Gasteiger partial charge is 0.407 e. The largest absolute Gasteiger partial charge is 0.477 e. The van der Waals surface area contributed by atoms with Crippen molar-refractivity contribution in [3.8, 4) is 0 Å². The van der Waals surface area contributed by atoms with Crippen LogP contribution in [-0.2, 0) is 25.4 Å². The Morgan fingerprint density at radius 1 is 1.28 bits per heavy atom. The number of alkyl carbamates (subject to hydrolysis) is 1. The molecule has 0 saturated carbocycles. The van der Waals surface area contributed by atoms with Crippen molar-refractivity contribution in [2.24, 2.45) is 5.41 Å². The van der Waals surface area contributed by atoms with E-state index in [1.807, 2.05) is 6.92 Å². The van der Waals surface area contributed by atoms with Gasteiger partial charge in [-0.05, 0) is 42.2 Å². The van der Waals surface area contributed by atoms with Crippen LogP contribution in [-0.4, -0.2) is 66.2 Å². The molecule has 11 nitrogen and oxygen atoms in total. The van der Waals surface area contributed by atoms with Crippen LogP contribution in [0.15, 0.2) is 34.9 Å². The number of benzene rings is 1. The number of ether oxygens (including phenoxy) is 1. The highest BCUT2D eigenvalue weighted by atomic mass is 32.2. The highest BCUT2D eigenvalue weighted by Gasteiger charge is 2.59. The average molecular weight is 580 g/mol. The quantitative estimate of drug-likeness (QED) is 0.116. The number of hydrogen-bond donors (Lipinski definition) is 2. The lowest BCUT2D eigenvalue weighted by Gasteiger charge is -2.44. The Hall–Kier alpha value is -2.90. The lowest BCUT2D eigenvalue weighted by molar-refractivity contribution is -0.384. The fraction of sp³-hybridized carbons (Fsp3) is 0.577. The van der Waals surface area contributed by atoms with E-state index < -0.39 is 30.7 Å². The Bertz CT molecular complexity index is 1160. The first-order valence-electron chi connectivity index (χ1n) is 12.8. The second-order valence-electron chi connectivity index (χ2n) is 11.5. The van der Waals surface area contributed by atoms with Gasteiger partial charge in [0.25, 0.3) is 5.69 Å². The molecule has 13 heteroatoms. The molecule has 1 fully saturated rings. The summed E-state index contributed by atoms with van der Waals surface area (Å²) in [7, 11) is -2.00. The van der Waals surface area contributed by atoms with Gasteiger partial charge in [-0.15, -0.1) is 11.8 Å². The van der Waals surface area contributed by atoms with Crippen molar-refractivity contribution in [1.29, 1.82) is 0 Å². The molecule has 0 aromatic heterocycles. The number of carboxylic acid groups (broad SMARTS) is 1. The van der Waals surface area contributed by atoms with Crippen LogP contribution in [0.4, 0.5) is 10.5 Å². The van der Waals surface area contributed by atoms with E-state index in [1.54, 1.807) is 0 Å². The Kier molecular flexibility index (Phi) is 9.18. The molecule has 0 unspecified atom stereocenters. The summed E-state index contributed by atoms with van der Waals surface area (Å²) in [6.07, 6.45) is 0.222. The molecule has 39 heavy (non-hydrogen) atoms. The van der Waals surface area contributed by atoms with Gasteiger partial charge in [0.15, 0.2) is 8.32 Å². The van der Waals surface area contributed by atoms with E-state index >= 15 is 0 Å². The normalized spacial score (nSPS) is 20.9. The fourth-order valence-corrected chi connectivity index (χ4v) is 6.75. The number of nitrogens with one attached hydrogen (secondary N) is 1. The second kappa shape index (κ2) is 11.7. The molecular weight excluding hydrogens is 542 g/mol. The molecule has 2 aliphatic rings. The van der Waals surface area contributed by atoms with Crippen molar-refractivity contribution in [3.05, 3.63) is 50.5 Å². The highest BCUT2D eigenvalue weighted by Crippen LogP contribution is 2.56. The van der Waals surface area contributed by atoms with Crippen molar-refractivity contribution in [2.45, 2.75) is 71.3 Å². The monoisotopic (exact) mass is 579 g/mol. The number of carbonyl (C=O) groups is 3. The molecule has 1 saturated heterocycles. The van der Waals surface area contributed by atoms with Gasteiger partial charge in [0.2, 0.25) is 5.91 Å². The van der Waals surface area contributed by atoms with Crippen LogP contribution in [0.25, 0.3) is 0 Å².